The van der Waals surface area contributed by atoms with Crippen LogP contribution in [0.4, 0.5) is 13.6 Å². The lowest BCUT2D eigenvalue weighted by Crippen LogP contribution is -2.43. The zero-order valence-electron chi connectivity index (χ0n) is 15.4. The summed E-state index contributed by atoms with van der Waals surface area (Å²) in [6.07, 6.45) is 0.391. The number of carbonyl (C=O) groups excluding carboxylic acids is 2. The fourth-order valence-corrected chi connectivity index (χ4v) is 3.32. The molecule has 148 valence electrons. The van der Waals surface area contributed by atoms with Crippen LogP contribution in [0.15, 0.2) is 48.5 Å². The van der Waals surface area contributed by atoms with Gasteiger partial charge >= 0.3 is 12.6 Å². The quantitative estimate of drug-likeness (QED) is 0.733. The third kappa shape index (κ3) is 3.49. The number of carbonyl (C=O) groups is 2. The number of methoxy groups -OCH3 is 1. The molecule has 1 fully saturated rings. The molecule has 3 amide bonds. The number of hydrogen-bond donors (Lipinski definition) is 1. The number of halogens is 2. The minimum atomic E-state index is -2.98. The largest absolute Gasteiger partial charge is 0.493 e. The molecule has 6 nitrogen and oxygen atoms in total. The highest BCUT2D eigenvalue weighted by molar-refractivity contribution is 6.07. The van der Waals surface area contributed by atoms with Crippen LogP contribution in [0.2, 0.25) is 0 Å². The average Bonchev–Trinajstić information content (AvgIpc) is 2.94. The van der Waals surface area contributed by atoms with E-state index in [4.69, 9.17) is 4.74 Å². The molecule has 0 aromatic heterocycles. The maximum atomic E-state index is 13.1. The Morgan fingerprint density at radius 2 is 1.82 bits per heavy atom. The summed E-state index contributed by atoms with van der Waals surface area (Å²) in [6, 6.07) is 12.8. The molecule has 2 aromatic rings. The zero-order valence-corrected chi connectivity index (χ0v) is 15.4. The molecule has 0 saturated carbocycles. The Morgan fingerprint density at radius 1 is 1.11 bits per heavy atom. The lowest BCUT2D eigenvalue weighted by atomic mass is 9.87. The van der Waals surface area contributed by atoms with Gasteiger partial charge < -0.3 is 14.8 Å². The van der Waals surface area contributed by atoms with Crippen LogP contribution >= 0.6 is 0 Å². The summed E-state index contributed by atoms with van der Waals surface area (Å²) in [5.41, 5.74) is 0.125. The fourth-order valence-electron chi connectivity index (χ4n) is 3.32. The predicted molar refractivity (Wildman–Crippen MR) is 97.1 cm³/mol. The summed E-state index contributed by atoms with van der Waals surface area (Å²) in [6.45, 7) is -1.18. The number of nitrogens with one attached hydrogen (secondary N) is 1. The van der Waals surface area contributed by atoms with Gasteiger partial charge in [0.05, 0.1) is 13.7 Å². The Morgan fingerprint density at radius 3 is 2.43 bits per heavy atom. The molecule has 0 unspecified atom stereocenters. The van der Waals surface area contributed by atoms with Gasteiger partial charge in [0.25, 0.3) is 5.91 Å². The third-order valence-corrected chi connectivity index (χ3v) is 4.76. The predicted octanol–water partition coefficient (Wildman–Crippen LogP) is 3.65. The second-order valence-electron chi connectivity index (χ2n) is 6.31. The highest BCUT2D eigenvalue weighted by atomic mass is 19.3. The van der Waals surface area contributed by atoms with Crippen molar-refractivity contribution in [1.29, 1.82) is 0 Å². The number of benzene rings is 2. The number of hydrogen-bond acceptors (Lipinski definition) is 4. The average molecular weight is 390 g/mol. The zero-order chi connectivity index (χ0) is 20.3. The summed E-state index contributed by atoms with van der Waals surface area (Å²) in [7, 11) is 1.32. The molecular formula is C20H20F2N2O4. The van der Waals surface area contributed by atoms with E-state index >= 15 is 0 Å². The fraction of sp³-hybridized carbons (Fsp3) is 0.300. The van der Waals surface area contributed by atoms with E-state index in [0.29, 0.717) is 17.5 Å². The van der Waals surface area contributed by atoms with Crippen molar-refractivity contribution in [3.63, 3.8) is 0 Å². The topological polar surface area (TPSA) is 67.9 Å². The number of urea groups is 1. The van der Waals surface area contributed by atoms with Gasteiger partial charge in [-0.3, -0.25) is 9.69 Å². The SMILES string of the molecule is CC[C@]1(c2ccccc2)NC(=O)N(Cc2ccc(OC(F)F)c(OC)c2)C1=O. The third-order valence-electron chi connectivity index (χ3n) is 4.76. The van der Waals surface area contributed by atoms with Crippen molar-refractivity contribution in [2.45, 2.75) is 32.0 Å². The van der Waals surface area contributed by atoms with Gasteiger partial charge in [-0.1, -0.05) is 43.3 Å². The van der Waals surface area contributed by atoms with Crippen LogP contribution in [0.5, 0.6) is 11.5 Å². The molecule has 1 aliphatic heterocycles. The molecule has 0 spiro atoms. The molecule has 28 heavy (non-hydrogen) atoms. The number of alkyl halides is 2. The highest BCUT2D eigenvalue weighted by Crippen LogP contribution is 2.34. The Labute approximate surface area is 161 Å². The summed E-state index contributed by atoms with van der Waals surface area (Å²) < 4.78 is 34.4. The molecule has 1 N–H and O–H groups in total. The standard InChI is InChI=1S/C20H20F2N2O4/c1-3-20(14-7-5-4-6-8-14)17(25)24(19(26)23-20)12-13-9-10-15(28-18(21)22)16(11-13)27-2/h4-11,18H,3,12H2,1-2H3,(H,23,26)/t20-/m1/s1. The van der Waals surface area contributed by atoms with Crippen molar-refractivity contribution in [3.8, 4) is 11.5 Å². The van der Waals surface area contributed by atoms with Crippen LogP contribution in [0.3, 0.4) is 0 Å². The molecule has 1 atom stereocenters. The van der Waals surface area contributed by atoms with Gasteiger partial charge in [0, 0.05) is 0 Å². The van der Waals surface area contributed by atoms with E-state index in [0.717, 1.165) is 4.90 Å². The maximum absolute atomic E-state index is 13.1. The molecule has 1 saturated heterocycles. The van der Waals surface area contributed by atoms with Crippen LogP contribution in [-0.2, 0) is 16.9 Å². The summed E-state index contributed by atoms with van der Waals surface area (Å²) >= 11 is 0. The Balaban J connectivity index is 1.87. The molecule has 8 heteroatoms. The minimum absolute atomic E-state index is 0.0232. The van der Waals surface area contributed by atoms with E-state index in [9.17, 15) is 18.4 Å². The number of amides is 3. The first-order chi connectivity index (χ1) is 13.4. The maximum Gasteiger partial charge on any atom is 0.387 e. The molecular weight excluding hydrogens is 370 g/mol. The lowest BCUT2D eigenvalue weighted by molar-refractivity contribution is -0.132. The van der Waals surface area contributed by atoms with Gasteiger partial charge in [-0.25, -0.2) is 4.79 Å². The first-order valence-electron chi connectivity index (χ1n) is 8.72. The summed E-state index contributed by atoms with van der Waals surface area (Å²) in [4.78, 5) is 26.8. The van der Waals surface area contributed by atoms with E-state index in [2.05, 4.69) is 10.1 Å². The monoisotopic (exact) mass is 390 g/mol. The van der Waals surface area contributed by atoms with Crippen molar-refractivity contribution in [2.24, 2.45) is 0 Å². The van der Waals surface area contributed by atoms with Gasteiger partial charge in [-0.05, 0) is 29.7 Å². The second kappa shape index (κ2) is 7.84. The van der Waals surface area contributed by atoms with Crippen molar-refractivity contribution >= 4 is 11.9 Å². The Hall–Kier alpha value is -3.16. The van der Waals surface area contributed by atoms with Gasteiger partial charge in [-0.2, -0.15) is 8.78 Å². The minimum Gasteiger partial charge on any atom is -0.493 e. The first-order valence-corrected chi connectivity index (χ1v) is 8.72. The Kier molecular flexibility index (Phi) is 5.48. The smallest absolute Gasteiger partial charge is 0.387 e. The van der Waals surface area contributed by atoms with Gasteiger partial charge in [0.15, 0.2) is 11.5 Å². The summed E-state index contributed by atoms with van der Waals surface area (Å²) in [5.74, 6) is -0.390. The van der Waals surface area contributed by atoms with Crippen LogP contribution < -0.4 is 14.8 Å². The number of ether oxygens (including phenoxy) is 2. The molecule has 2 aromatic carbocycles. The first kappa shape index (κ1) is 19.6. The molecule has 0 radical (unpaired) electrons. The van der Waals surface area contributed by atoms with Crippen molar-refractivity contribution in [3.05, 3.63) is 59.7 Å². The van der Waals surface area contributed by atoms with E-state index in [1.165, 1.54) is 25.3 Å². The van der Waals surface area contributed by atoms with Gasteiger partial charge in [0.2, 0.25) is 0 Å². The van der Waals surface area contributed by atoms with Crippen molar-refractivity contribution in [2.75, 3.05) is 7.11 Å². The van der Waals surface area contributed by atoms with E-state index in [1.807, 2.05) is 13.0 Å². The number of imide groups is 1. The Bertz CT molecular complexity index is 876. The van der Waals surface area contributed by atoms with Crippen molar-refractivity contribution in [1.82, 2.24) is 10.2 Å². The lowest BCUT2D eigenvalue weighted by Gasteiger charge is -2.25. The molecule has 0 bridgehead atoms. The molecule has 1 aliphatic rings. The van der Waals surface area contributed by atoms with Gasteiger partial charge in [0.1, 0.15) is 5.54 Å². The normalized spacial score (nSPS) is 19.1. The van der Waals surface area contributed by atoms with Crippen LogP contribution in [0.25, 0.3) is 0 Å². The number of rotatable bonds is 7. The van der Waals surface area contributed by atoms with Crippen molar-refractivity contribution < 1.29 is 27.8 Å². The highest BCUT2D eigenvalue weighted by Gasteiger charge is 2.51. The van der Waals surface area contributed by atoms with E-state index in [-0.39, 0.29) is 24.0 Å². The van der Waals surface area contributed by atoms with Crippen LogP contribution in [0, 0.1) is 0 Å². The van der Waals surface area contributed by atoms with E-state index < -0.39 is 18.2 Å². The second-order valence-corrected chi connectivity index (χ2v) is 6.31. The van der Waals surface area contributed by atoms with Crippen LogP contribution in [-0.4, -0.2) is 30.6 Å². The summed E-state index contributed by atoms with van der Waals surface area (Å²) in [5, 5.41) is 2.80. The van der Waals surface area contributed by atoms with Crippen LogP contribution in [0.1, 0.15) is 24.5 Å². The molecule has 3 rings (SSSR count). The number of nitrogens with zero attached hydrogens (tertiary/aromatic N) is 1. The molecule has 0 aliphatic carbocycles. The van der Waals surface area contributed by atoms with Gasteiger partial charge in [-0.15, -0.1) is 0 Å². The molecule has 1 heterocycles. The van der Waals surface area contributed by atoms with E-state index in [1.54, 1.807) is 24.3 Å².